The molecule has 2 aliphatic heterocycles. The highest BCUT2D eigenvalue weighted by Gasteiger charge is 2.54. The molecule has 0 aromatic carbocycles. The van der Waals surface area contributed by atoms with Gasteiger partial charge in [-0.15, -0.1) is 28.2 Å². The van der Waals surface area contributed by atoms with E-state index in [4.69, 9.17) is 4.84 Å². The Morgan fingerprint density at radius 1 is 1.49 bits per heavy atom. The van der Waals surface area contributed by atoms with Gasteiger partial charge in [0.25, 0.3) is 11.8 Å². The molecule has 0 aliphatic carbocycles. The first-order valence-corrected chi connectivity index (χ1v) is 12.9. The number of amides is 3. The fourth-order valence-corrected chi connectivity index (χ4v) is 6.18. The molecule has 2 aromatic rings. The molecule has 0 radical (unpaired) electrons. The number of oxime groups is 1. The molecule has 4 heterocycles. The number of aromatic amines is 1. The van der Waals surface area contributed by atoms with Crippen molar-refractivity contribution in [3.8, 4) is 0 Å². The normalized spacial score (nSPS) is 19.6. The molecule has 0 bridgehead atoms. The fraction of sp³-hybridized carbons (Fsp3) is 0.333. The first kappa shape index (κ1) is 24.7. The SMILES string of the molecule is CCON=C(C(=O)NC1C(=O)N2C(C(=O)O)=C(CSc3cn[nH]n3)CS[C@@H]12)c1csc(NC=O)n1. The van der Waals surface area contributed by atoms with Crippen LogP contribution in [0.2, 0.25) is 0 Å². The number of hydrogen-bond donors (Lipinski definition) is 4. The van der Waals surface area contributed by atoms with Crippen molar-refractivity contribution in [3.63, 3.8) is 0 Å². The number of carbonyl (C=O) groups excluding carboxylic acids is 3. The van der Waals surface area contributed by atoms with Gasteiger partial charge < -0.3 is 20.6 Å². The lowest BCUT2D eigenvalue weighted by atomic mass is 10.0. The van der Waals surface area contributed by atoms with Crippen LogP contribution in [0.4, 0.5) is 5.13 Å². The number of H-pyrrole nitrogens is 1. The summed E-state index contributed by atoms with van der Waals surface area (Å²) in [5.41, 5.74) is 0.463. The van der Waals surface area contributed by atoms with E-state index in [1.807, 2.05) is 0 Å². The highest BCUT2D eigenvalue weighted by atomic mass is 32.2. The van der Waals surface area contributed by atoms with E-state index in [2.05, 4.69) is 36.2 Å². The second-order valence-electron chi connectivity index (χ2n) is 6.87. The number of fused-ring (bicyclic) bond motifs is 1. The number of nitrogens with zero attached hydrogens (tertiary/aromatic N) is 5. The Bertz CT molecular complexity index is 1200. The summed E-state index contributed by atoms with van der Waals surface area (Å²) in [7, 11) is 0. The van der Waals surface area contributed by atoms with E-state index in [0.29, 0.717) is 28.5 Å². The summed E-state index contributed by atoms with van der Waals surface area (Å²) < 4.78 is 0. The van der Waals surface area contributed by atoms with Crippen LogP contribution in [0.25, 0.3) is 0 Å². The van der Waals surface area contributed by atoms with E-state index < -0.39 is 29.2 Å². The highest BCUT2D eigenvalue weighted by Crippen LogP contribution is 2.41. The third kappa shape index (κ3) is 5.15. The van der Waals surface area contributed by atoms with E-state index in [-0.39, 0.29) is 28.8 Å². The Kier molecular flexibility index (Phi) is 7.67. The topological polar surface area (TPSA) is 192 Å². The lowest BCUT2D eigenvalue weighted by molar-refractivity contribution is -0.150. The van der Waals surface area contributed by atoms with Crippen LogP contribution in [0.15, 0.2) is 33.0 Å². The van der Waals surface area contributed by atoms with Crippen LogP contribution in [0.1, 0.15) is 12.6 Å². The van der Waals surface area contributed by atoms with Crippen molar-refractivity contribution < 1.29 is 29.1 Å². The summed E-state index contributed by atoms with van der Waals surface area (Å²) in [5, 5.41) is 30.5. The zero-order chi connectivity index (χ0) is 24.9. The summed E-state index contributed by atoms with van der Waals surface area (Å²) in [6, 6.07) is -0.954. The number of rotatable bonds is 11. The van der Waals surface area contributed by atoms with Crippen molar-refractivity contribution in [2.24, 2.45) is 5.16 Å². The van der Waals surface area contributed by atoms with Gasteiger partial charge in [0.15, 0.2) is 10.8 Å². The van der Waals surface area contributed by atoms with E-state index in [1.165, 1.54) is 40.0 Å². The number of β-lactam (4-membered cyclic amide) rings is 1. The minimum Gasteiger partial charge on any atom is -0.477 e. The summed E-state index contributed by atoms with van der Waals surface area (Å²) in [6.07, 6.45) is 1.97. The number of carbonyl (C=O) groups is 4. The van der Waals surface area contributed by atoms with E-state index in [9.17, 15) is 24.3 Å². The maximum atomic E-state index is 13.0. The van der Waals surface area contributed by atoms with Gasteiger partial charge in [0.2, 0.25) is 6.41 Å². The van der Waals surface area contributed by atoms with E-state index >= 15 is 0 Å². The van der Waals surface area contributed by atoms with Crippen LogP contribution in [0.3, 0.4) is 0 Å². The Balaban J connectivity index is 1.49. The number of nitrogens with one attached hydrogen (secondary N) is 3. The minimum atomic E-state index is -1.22. The molecule has 2 aromatic heterocycles. The third-order valence-electron chi connectivity index (χ3n) is 4.75. The molecule has 1 unspecified atom stereocenters. The zero-order valence-corrected chi connectivity index (χ0v) is 20.4. The van der Waals surface area contributed by atoms with Crippen molar-refractivity contribution in [1.29, 1.82) is 0 Å². The van der Waals surface area contributed by atoms with Crippen LogP contribution >= 0.6 is 34.9 Å². The molecule has 3 amide bonds. The maximum Gasteiger partial charge on any atom is 0.352 e. The largest absolute Gasteiger partial charge is 0.477 e. The van der Waals surface area contributed by atoms with Gasteiger partial charge in [0.05, 0.1) is 6.20 Å². The lowest BCUT2D eigenvalue weighted by Gasteiger charge is -2.49. The van der Waals surface area contributed by atoms with Gasteiger partial charge in [-0.1, -0.05) is 16.9 Å². The molecule has 0 spiro atoms. The average Bonchev–Trinajstić information content (AvgIpc) is 3.53. The third-order valence-corrected chi connectivity index (χ3v) is 7.85. The molecule has 184 valence electrons. The predicted molar refractivity (Wildman–Crippen MR) is 127 cm³/mol. The van der Waals surface area contributed by atoms with Crippen LogP contribution in [-0.2, 0) is 24.0 Å². The zero-order valence-electron chi connectivity index (χ0n) is 18.0. The summed E-state index contributed by atoms with van der Waals surface area (Å²) in [6.45, 7) is 1.88. The molecule has 1 fully saturated rings. The quantitative estimate of drug-likeness (QED) is 0.0997. The molecule has 2 atom stereocenters. The maximum absolute atomic E-state index is 13.0. The smallest absolute Gasteiger partial charge is 0.352 e. The van der Waals surface area contributed by atoms with Gasteiger partial charge in [-0.3, -0.25) is 19.3 Å². The number of aromatic nitrogens is 4. The van der Waals surface area contributed by atoms with Gasteiger partial charge in [0.1, 0.15) is 34.4 Å². The summed E-state index contributed by atoms with van der Waals surface area (Å²) >= 11 is 3.73. The summed E-state index contributed by atoms with van der Waals surface area (Å²) in [5.74, 6) is -1.80. The first-order valence-electron chi connectivity index (χ1n) is 10.00. The van der Waals surface area contributed by atoms with Crippen LogP contribution < -0.4 is 10.6 Å². The molecule has 0 saturated carbocycles. The Hall–Kier alpha value is -3.44. The molecule has 4 rings (SSSR count). The van der Waals surface area contributed by atoms with Crippen molar-refractivity contribution in [3.05, 3.63) is 28.5 Å². The van der Waals surface area contributed by atoms with E-state index in [1.54, 1.807) is 6.92 Å². The molecule has 1 saturated heterocycles. The standard InChI is InChI=1S/C18H18N8O6S3/c1-2-32-24-11(9-6-35-18(21-9)19-7-27)14(28)22-12-15(29)26-13(17(30)31)8(5-34-16(12)26)4-33-10-3-20-25-23-10/h3,6-7,12,16H,2,4-5H2,1H3,(H,22,28)(H,30,31)(H,19,21,27)(H,20,23,25)/t12?,16-/m0/s1. The Morgan fingerprint density at radius 3 is 3.00 bits per heavy atom. The fourth-order valence-electron chi connectivity index (χ4n) is 3.26. The van der Waals surface area contributed by atoms with Crippen LogP contribution in [0, 0.1) is 0 Å². The molecule has 14 nitrogen and oxygen atoms in total. The number of carboxylic acids is 1. The number of carboxylic acid groups (broad SMARTS) is 1. The van der Waals surface area contributed by atoms with Gasteiger partial charge in [0, 0.05) is 16.9 Å². The second kappa shape index (κ2) is 10.9. The molecule has 4 N–H and O–H groups in total. The Morgan fingerprint density at radius 2 is 2.31 bits per heavy atom. The number of hydrogen-bond acceptors (Lipinski definition) is 12. The van der Waals surface area contributed by atoms with Crippen LogP contribution in [-0.4, -0.2) is 89.8 Å². The van der Waals surface area contributed by atoms with Crippen molar-refractivity contribution >= 4 is 69.9 Å². The molecular weight excluding hydrogens is 520 g/mol. The molecular formula is C18H18N8O6S3. The Labute approximate surface area is 209 Å². The monoisotopic (exact) mass is 538 g/mol. The van der Waals surface area contributed by atoms with Gasteiger partial charge in [-0.25, -0.2) is 9.78 Å². The number of aliphatic carboxylic acids is 1. The van der Waals surface area contributed by atoms with Crippen LogP contribution in [0.5, 0.6) is 0 Å². The highest BCUT2D eigenvalue weighted by molar-refractivity contribution is 8.01. The first-order chi connectivity index (χ1) is 16.9. The number of thioether (sulfide) groups is 2. The van der Waals surface area contributed by atoms with E-state index in [0.717, 1.165) is 11.3 Å². The molecule has 35 heavy (non-hydrogen) atoms. The number of thiazole rings is 1. The lowest BCUT2D eigenvalue weighted by Crippen LogP contribution is -2.71. The predicted octanol–water partition coefficient (Wildman–Crippen LogP) is 0.101. The molecule has 2 aliphatic rings. The minimum absolute atomic E-state index is 0.0902. The van der Waals surface area contributed by atoms with Gasteiger partial charge in [-0.05, 0) is 12.5 Å². The van der Waals surface area contributed by atoms with Crippen molar-refractivity contribution in [2.75, 3.05) is 23.4 Å². The summed E-state index contributed by atoms with van der Waals surface area (Å²) in [4.78, 5) is 58.9. The second-order valence-corrected chi connectivity index (χ2v) is 9.83. The van der Waals surface area contributed by atoms with Crippen molar-refractivity contribution in [1.82, 2.24) is 30.6 Å². The average molecular weight is 539 g/mol. The van der Waals surface area contributed by atoms with Gasteiger partial charge in [-0.2, -0.15) is 10.3 Å². The molecule has 17 heteroatoms. The number of anilines is 1. The van der Waals surface area contributed by atoms with Crippen molar-refractivity contribution in [2.45, 2.75) is 23.4 Å². The van der Waals surface area contributed by atoms with Gasteiger partial charge >= 0.3 is 5.97 Å².